The Hall–Kier alpha value is -1.82. The highest BCUT2D eigenvalue weighted by atomic mass is 32.2. The van der Waals surface area contributed by atoms with Gasteiger partial charge < -0.3 is 10.6 Å². The first-order chi connectivity index (χ1) is 10.2. The van der Waals surface area contributed by atoms with E-state index in [4.69, 9.17) is 0 Å². The molecule has 112 valence electrons. The van der Waals surface area contributed by atoms with Gasteiger partial charge in [-0.1, -0.05) is 24.8 Å². The molecular weight excluding hydrogens is 282 g/mol. The monoisotopic (exact) mass is 303 g/mol. The molecule has 21 heavy (non-hydrogen) atoms. The van der Waals surface area contributed by atoms with Crippen LogP contribution in [0.25, 0.3) is 0 Å². The molecule has 0 fully saturated rings. The summed E-state index contributed by atoms with van der Waals surface area (Å²) >= 11 is 1.54. The van der Waals surface area contributed by atoms with E-state index in [2.05, 4.69) is 45.5 Å². The molecule has 0 radical (unpaired) electrons. The molecule has 5 nitrogen and oxygen atoms in total. The van der Waals surface area contributed by atoms with Crippen molar-refractivity contribution in [2.24, 2.45) is 0 Å². The van der Waals surface area contributed by atoms with Gasteiger partial charge in [0.15, 0.2) is 5.16 Å². The Kier molecular flexibility index (Phi) is 5.80. The second-order valence-corrected chi connectivity index (χ2v) is 5.45. The van der Waals surface area contributed by atoms with Gasteiger partial charge >= 0.3 is 0 Å². The van der Waals surface area contributed by atoms with Gasteiger partial charge in [-0.15, -0.1) is 0 Å². The summed E-state index contributed by atoms with van der Waals surface area (Å²) < 4.78 is 0. The van der Waals surface area contributed by atoms with Gasteiger partial charge in [0.2, 0.25) is 0 Å². The number of aromatic nitrogens is 3. The maximum atomic E-state index is 4.48. The van der Waals surface area contributed by atoms with Gasteiger partial charge in [-0.25, -0.2) is 9.97 Å². The highest BCUT2D eigenvalue weighted by Gasteiger charge is 2.05. The summed E-state index contributed by atoms with van der Waals surface area (Å²) in [6.45, 7) is 5.76. The van der Waals surface area contributed by atoms with Crippen LogP contribution in [0.4, 0.5) is 11.6 Å². The van der Waals surface area contributed by atoms with E-state index in [1.54, 1.807) is 0 Å². The van der Waals surface area contributed by atoms with E-state index in [0.29, 0.717) is 6.54 Å². The Morgan fingerprint density at radius 1 is 1.19 bits per heavy atom. The number of nitrogens with one attached hydrogen (secondary N) is 2. The fourth-order valence-electron chi connectivity index (χ4n) is 1.83. The third-order valence-corrected chi connectivity index (χ3v) is 3.55. The first kappa shape index (κ1) is 15.6. The molecular formula is C15H21N5S. The van der Waals surface area contributed by atoms with E-state index >= 15 is 0 Å². The second-order valence-electron chi connectivity index (χ2n) is 4.67. The topological polar surface area (TPSA) is 62.7 Å². The number of rotatable bonds is 7. The first-order valence-electron chi connectivity index (χ1n) is 7.04. The SMILES string of the molecule is CCCNc1cc(NCc2ncccc2C)nc(SC)n1. The molecule has 0 unspecified atom stereocenters. The smallest absolute Gasteiger partial charge is 0.191 e. The van der Waals surface area contributed by atoms with Crippen LogP contribution in [0.5, 0.6) is 0 Å². The Labute approximate surface area is 130 Å². The van der Waals surface area contributed by atoms with E-state index in [1.165, 1.54) is 17.3 Å². The van der Waals surface area contributed by atoms with E-state index in [-0.39, 0.29) is 0 Å². The molecule has 0 amide bonds. The fourth-order valence-corrected chi connectivity index (χ4v) is 2.21. The zero-order chi connectivity index (χ0) is 15.1. The average Bonchev–Trinajstić information content (AvgIpc) is 2.52. The quantitative estimate of drug-likeness (QED) is 0.604. The predicted octanol–water partition coefficient (Wildman–Crippen LogP) is 3.34. The number of hydrogen-bond donors (Lipinski definition) is 2. The standard InChI is InChI=1S/C15H21N5S/c1-4-7-17-13-9-14(20-15(19-13)21-3)18-10-12-11(2)6-5-8-16-12/h5-6,8-9H,4,7,10H2,1-3H3,(H2,17,18,19,20). The van der Waals surface area contributed by atoms with Crippen LogP contribution in [0, 0.1) is 6.92 Å². The minimum atomic E-state index is 0.657. The summed E-state index contributed by atoms with van der Waals surface area (Å²) in [5.74, 6) is 1.68. The number of aryl methyl sites for hydroxylation is 1. The summed E-state index contributed by atoms with van der Waals surface area (Å²) in [4.78, 5) is 13.3. The largest absolute Gasteiger partial charge is 0.370 e. The minimum absolute atomic E-state index is 0.657. The molecule has 0 bridgehead atoms. The molecule has 2 N–H and O–H groups in total. The van der Waals surface area contributed by atoms with Gasteiger partial charge in [-0.2, -0.15) is 0 Å². The van der Waals surface area contributed by atoms with Gasteiger partial charge in [0.05, 0.1) is 12.2 Å². The van der Waals surface area contributed by atoms with Crippen LogP contribution in [0.2, 0.25) is 0 Å². The van der Waals surface area contributed by atoms with Crippen LogP contribution in [0.1, 0.15) is 24.6 Å². The van der Waals surface area contributed by atoms with Crippen LogP contribution >= 0.6 is 11.8 Å². The third-order valence-electron chi connectivity index (χ3n) is 3.00. The Balaban J connectivity index is 2.09. The van der Waals surface area contributed by atoms with Crippen LogP contribution in [-0.2, 0) is 6.54 Å². The molecule has 2 rings (SSSR count). The molecule has 0 aliphatic rings. The van der Waals surface area contributed by atoms with Crippen LogP contribution in [0.15, 0.2) is 29.6 Å². The Bertz CT molecular complexity index is 588. The normalized spacial score (nSPS) is 10.4. The zero-order valence-corrected chi connectivity index (χ0v) is 13.5. The van der Waals surface area contributed by atoms with Crippen molar-refractivity contribution in [2.75, 3.05) is 23.4 Å². The first-order valence-corrected chi connectivity index (χ1v) is 8.26. The van der Waals surface area contributed by atoms with Crippen molar-refractivity contribution in [1.29, 1.82) is 0 Å². The van der Waals surface area contributed by atoms with Gasteiger partial charge in [0.1, 0.15) is 11.6 Å². The van der Waals surface area contributed by atoms with Gasteiger partial charge in [0, 0.05) is 18.8 Å². The van der Waals surface area contributed by atoms with Crippen molar-refractivity contribution in [2.45, 2.75) is 32.0 Å². The van der Waals surface area contributed by atoms with Crippen molar-refractivity contribution >= 4 is 23.4 Å². The Morgan fingerprint density at radius 2 is 1.95 bits per heavy atom. The second kappa shape index (κ2) is 7.83. The lowest BCUT2D eigenvalue weighted by atomic mass is 10.2. The van der Waals surface area contributed by atoms with Gasteiger partial charge in [-0.05, 0) is 31.2 Å². The number of anilines is 2. The maximum absolute atomic E-state index is 4.48. The van der Waals surface area contributed by atoms with Crippen molar-refractivity contribution in [3.8, 4) is 0 Å². The van der Waals surface area contributed by atoms with E-state index in [1.807, 2.05) is 24.6 Å². The summed E-state index contributed by atoms with van der Waals surface area (Å²) in [6, 6.07) is 5.95. The van der Waals surface area contributed by atoms with Crippen LogP contribution in [-0.4, -0.2) is 27.8 Å². The molecule has 0 saturated heterocycles. The highest BCUT2D eigenvalue weighted by Crippen LogP contribution is 2.18. The summed E-state index contributed by atoms with van der Waals surface area (Å²) in [7, 11) is 0. The van der Waals surface area contributed by atoms with Crippen molar-refractivity contribution in [1.82, 2.24) is 15.0 Å². The number of hydrogen-bond acceptors (Lipinski definition) is 6. The summed E-state index contributed by atoms with van der Waals surface area (Å²) in [5.41, 5.74) is 2.21. The van der Waals surface area contributed by atoms with Crippen molar-refractivity contribution in [3.63, 3.8) is 0 Å². The van der Waals surface area contributed by atoms with E-state index in [9.17, 15) is 0 Å². The fraction of sp³-hybridized carbons (Fsp3) is 0.400. The molecule has 0 atom stereocenters. The Morgan fingerprint density at radius 3 is 2.62 bits per heavy atom. The minimum Gasteiger partial charge on any atom is -0.370 e. The zero-order valence-electron chi connectivity index (χ0n) is 12.7. The lowest BCUT2D eigenvalue weighted by Gasteiger charge is -2.11. The molecule has 0 spiro atoms. The molecule has 0 aliphatic heterocycles. The highest BCUT2D eigenvalue weighted by molar-refractivity contribution is 7.98. The van der Waals surface area contributed by atoms with Crippen LogP contribution < -0.4 is 10.6 Å². The molecule has 2 aromatic rings. The van der Waals surface area contributed by atoms with Crippen LogP contribution in [0.3, 0.4) is 0 Å². The average molecular weight is 303 g/mol. The van der Waals surface area contributed by atoms with Gasteiger partial charge in [0.25, 0.3) is 0 Å². The summed E-state index contributed by atoms with van der Waals surface area (Å²) in [5, 5.41) is 7.39. The molecule has 0 aliphatic carbocycles. The molecule has 2 heterocycles. The molecule has 0 saturated carbocycles. The third kappa shape index (κ3) is 4.60. The number of thioether (sulfide) groups is 1. The lowest BCUT2D eigenvalue weighted by molar-refractivity contribution is 0.916. The lowest BCUT2D eigenvalue weighted by Crippen LogP contribution is -2.08. The summed E-state index contributed by atoms with van der Waals surface area (Å²) in [6.07, 6.45) is 4.85. The van der Waals surface area contributed by atoms with Crippen molar-refractivity contribution < 1.29 is 0 Å². The van der Waals surface area contributed by atoms with E-state index < -0.39 is 0 Å². The molecule has 6 heteroatoms. The maximum Gasteiger partial charge on any atom is 0.191 e. The number of pyridine rings is 1. The van der Waals surface area contributed by atoms with Crippen molar-refractivity contribution in [3.05, 3.63) is 35.7 Å². The molecule has 0 aromatic carbocycles. The van der Waals surface area contributed by atoms with Gasteiger partial charge in [-0.3, -0.25) is 4.98 Å². The predicted molar refractivity (Wildman–Crippen MR) is 88.9 cm³/mol. The number of nitrogens with zero attached hydrogens (tertiary/aromatic N) is 3. The van der Waals surface area contributed by atoms with E-state index in [0.717, 1.165) is 35.5 Å². The molecule has 2 aromatic heterocycles.